The van der Waals surface area contributed by atoms with E-state index < -0.39 is 11.7 Å². The Labute approximate surface area is 199 Å². The van der Waals surface area contributed by atoms with Crippen molar-refractivity contribution in [1.29, 1.82) is 0 Å². The minimum atomic E-state index is -0.556. The summed E-state index contributed by atoms with van der Waals surface area (Å²) < 4.78 is 5.47. The average Bonchev–Trinajstić information content (AvgIpc) is 2.81. The van der Waals surface area contributed by atoms with Crippen LogP contribution in [0.2, 0.25) is 0 Å². The van der Waals surface area contributed by atoms with Gasteiger partial charge in [-0.3, -0.25) is 4.98 Å². The molecule has 0 aliphatic carbocycles. The van der Waals surface area contributed by atoms with Gasteiger partial charge in [0.25, 0.3) is 0 Å². The lowest BCUT2D eigenvalue weighted by molar-refractivity contribution is 0.0240. The monoisotopic (exact) mass is 465 g/mol. The van der Waals surface area contributed by atoms with E-state index in [1.165, 1.54) is 0 Å². The summed E-state index contributed by atoms with van der Waals surface area (Å²) in [6.45, 7) is 8.43. The minimum absolute atomic E-state index is 0.250. The second-order valence-electron chi connectivity index (χ2n) is 9.20. The fourth-order valence-electron chi connectivity index (χ4n) is 3.84. The van der Waals surface area contributed by atoms with Gasteiger partial charge in [-0.15, -0.1) is 11.8 Å². The molecule has 1 saturated heterocycles. The molecule has 0 saturated carbocycles. The molecule has 1 fully saturated rings. The minimum Gasteiger partial charge on any atom is -0.444 e. The third-order valence-electron chi connectivity index (χ3n) is 5.58. The van der Waals surface area contributed by atoms with Crippen LogP contribution in [0.1, 0.15) is 32.4 Å². The zero-order valence-electron chi connectivity index (χ0n) is 19.4. The number of hydrogen-bond donors (Lipinski definition) is 1. The summed E-state index contributed by atoms with van der Waals surface area (Å²) in [7, 11) is 0. The van der Waals surface area contributed by atoms with Gasteiger partial charge >= 0.3 is 6.09 Å². The predicted octanol–water partition coefficient (Wildman–Crippen LogP) is 5.12. The summed E-state index contributed by atoms with van der Waals surface area (Å²) in [5, 5.41) is 11.8. The van der Waals surface area contributed by atoms with Crippen LogP contribution in [0.5, 0.6) is 0 Å². The number of amides is 1. The Kier molecular flexibility index (Phi) is 7.10. The van der Waals surface area contributed by atoms with E-state index in [1.807, 2.05) is 75.5 Å². The van der Waals surface area contributed by atoms with Crippen LogP contribution in [0.4, 0.5) is 10.5 Å². The van der Waals surface area contributed by atoms with Gasteiger partial charge in [-0.25, -0.2) is 4.79 Å². The molecule has 0 bridgehead atoms. The van der Waals surface area contributed by atoms with Gasteiger partial charge in [0, 0.05) is 54.1 Å². The first-order valence-electron chi connectivity index (χ1n) is 11.3. The Bertz CT molecular complexity index is 1080. The average molecular weight is 466 g/mol. The quantitative estimate of drug-likeness (QED) is 0.528. The molecule has 4 rings (SSSR count). The molecule has 7 heteroatoms. The van der Waals surface area contributed by atoms with Gasteiger partial charge in [-0.05, 0) is 50.6 Å². The molecule has 1 aliphatic heterocycles. The smallest absolute Gasteiger partial charge is 0.410 e. The topological polar surface area (TPSA) is 65.9 Å². The highest BCUT2D eigenvalue weighted by Gasteiger charge is 2.26. The molecule has 2 heterocycles. The van der Waals surface area contributed by atoms with E-state index in [9.17, 15) is 9.90 Å². The molecule has 0 spiro atoms. The predicted molar refractivity (Wildman–Crippen MR) is 134 cm³/mol. The number of ether oxygens (including phenoxy) is 1. The maximum atomic E-state index is 12.3. The Balaban J connectivity index is 1.31. The molecule has 0 radical (unpaired) electrons. The van der Waals surface area contributed by atoms with Gasteiger partial charge in [0.2, 0.25) is 0 Å². The molecule has 6 nitrogen and oxygen atoms in total. The largest absolute Gasteiger partial charge is 0.444 e. The van der Waals surface area contributed by atoms with E-state index in [2.05, 4.69) is 16.0 Å². The number of pyridine rings is 1. The van der Waals surface area contributed by atoms with E-state index in [0.717, 1.165) is 40.1 Å². The molecule has 1 N–H and O–H groups in total. The van der Waals surface area contributed by atoms with Crippen molar-refractivity contribution in [2.45, 2.75) is 37.4 Å². The molecule has 1 atom stereocenters. The summed E-state index contributed by atoms with van der Waals surface area (Å²) in [5.74, 6) is 0.571. The molecule has 1 aromatic heterocycles. The number of aromatic nitrogens is 1. The highest BCUT2D eigenvalue weighted by molar-refractivity contribution is 7.99. The van der Waals surface area contributed by atoms with Crippen molar-refractivity contribution in [2.75, 3.05) is 36.8 Å². The van der Waals surface area contributed by atoms with Crippen LogP contribution in [0.15, 0.2) is 65.7 Å². The van der Waals surface area contributed by atoms with Crippen molar-refractivity contribution in [3.63, 3.8) is 0 Å². The zero-order valence-corrected chi connectivity index (χ0v) is 20.2. The SMILES string of the molecule is CC(C)(C)OC(=O)N1CCN(c2ccc(C(O)CSc3ccnc4ccccc34)cc2)CC1. The zero-order chi connectivity index (χ0) is 23.4. The Hall–Kier alpha value is -2.77. The molecule has 1 amide bonds. The standard InChI is InChI=1S/C26H31N3O3S/c1-26(2,3)32-25(31)29-16-14-28(15-17-29)20-10-8-19(9-11-20)23(30)18-33-24-12-13-27-22-7-5-4-6-21(22)24/h4-13,23,30H,14-18H2,1-3H3. The number of rotatable bonds is 5. The lowest BCUT2D eigenvalue weighted by atomic mass is 10.1. The number of para-hydroxylation sites is 1. The first kappa shape index (κ1) is 23.4. The maximum absolute atomic E-state index is 12.3. The third-order valence-corrected chi connectivity index (χ3v) is 6.73. The Morgan fingerprint density at radius 1 is 1.06 bits per heavy atom. The van der Waals surface area contributed by atoms with Gasteiger partial charge in [-0.2, -0.15) is 0 Å². The number of aliphatic hydroxyl groups is 1. The highest BCUT2D eigenvalue weighted by Crippen LogP contribution is 2.30. The number of hydrogen-bond acceptors (Lipinski definition) is 6. The van der Waals surface area contributed by atoms with Gasteiger partial charge < -0.3 is 19.6 Å². The first-order valence-corrected chi connectivity index (χ1v) is 12.3. The second-order valence-corrected chi connectivity index (χ2v) is 10.3. The number of fused-ring (bicyclic) bond motifs is 1. The van der Waals surface area contributed by atoms with Gasteiger partial charge in [0.05, 0.1) is 11.6 Å². The summed E-state index contributed by atoms with van der Waals surface area (Å²) in [6, 6.07) is 18.1. The fraction of sp³-hybridized carbons (Fsp3) is 0.385. The molecule has 2 aromatic carbocycles. The van der Waals surface area contributed by atoms with E-state index >= 15 is 0 Å². The van der Waals surface area contributed by atoms with E-state index in [0.29, 0.717) is 18.8 Å². The van der Waals surface area contributed by atoms with Gasteiger partial charge in [-0.1, -0.05) is 30.3 Å². The lowest BCUT2D eigenvalue weighted by Crippen LogP contribution is -2.50. The number of piperazine rings is 1. The number of nitrogens with zero attached hydrogens (tertiary/aromatic N) is 3. The number of anilines is 1. The van der Waals surface area contributed by atoms with Crippen molar-refractivity contribution in [2.24, 2.45) is 0 Å². The molecule has 33 heavy (non-hydrogen) atoms. The molecule has 3 aromatic rings. The van der Waals surface area contributed by atoms with Crippen molar-refractivity contribution in [3.8, 4) is 0 Å². The maximum Gasteiger partial charge on any atom is 0.410 e. The number of carbonyl (C=O) groups excluding carboxylic acids is 1. The highest BCUT2D eigenvalue weighted by atomic mass is 32.2. The molecule has 1 aliphatic rings. The Morgan fingerprint density at radius 3 is 2.45 bits per heavy atom. The van der Waals surface area contributed by atoms with Crippen LogP contribution in [-0.2, 0) is 4.74 Å². The molecular weight excluding hydrogens is 434 g/mol. The second kappa shape index (κ2) is 10.0. The molecule has 1 unspecified atom stereocenters. The number of thioether (sulfide) groups is 1. The van der Waals surface area contributed by atoms with Gasteiger partial charge in [0.15, 0.2) is 0 Å². The summed E-state index contributed by atoms with van der Waals surface area (Å²) >= 11 is 1.64. The summed E-state index contributed by atoms with van der Waals surface area (Å²) in [4.78, 5) is 21.8. The Morgan fingerprint density at radius 2 is 1.76 bits per heavy atom. The number of benzene rings is 2. The molecular formula is C26H31N3O3S. The van der Waals surface area contributed by atoms with Crippen molar-refractivity contribution >= 4 is 34.4 Å². The number of aliphatic hydroxyl groups excluding tert-OH is 1. The van der Waals surface area contributed by atoms with E-state index in [1.54, 1.807) is 16.7 Å². The summed E-state index contributed by atoms with van der Waals surface area (Å²) in [6.07, 6.45) is 1.01. The van der Waals surface area contributed by atoms with Crippen molar-refractivity contribution < 1.29 is 14.6 Å². The van der Waals surface area contributed by atoms with Crippen LogP contribution in [0.25, 0.3) is 10.9 Å². The summed E-state index contributed by atoms with van der Waals surface area (Å²) in [5.41, 5.74) is 2.49. The fourth-order valence-corrected chi connectivity index (χ4v) is 4.86. The van der Waals surface area contributed by atoms with Gasteiger partial charge in [0.1, 0.15) is 5.60 Å². The van der Waals surface area contributed by atoms with Crippen LogP contribution < -0.4 is 4.90 Å². The number of carbonyl (C=O) groups is 1. The normalized spacial score (nSPS) is 15.5. The van der Waals surface area contributed by atoms with E-state index in [-0.39, 0.29) is 6.09 Å². The van der Waals surface area contributed by atoms with Crippen molar-refractivity contribution in [3.05, 3.63) is 66.4 Å². The van der Waals surface area contributed by atoms with E-state index in [4.69, 9.17) is 4.74 Å². The van der Waals surface area contributed by atoms with Crippen LogP contribution in [0, 0.1) is 0 Å². The molecule has 174 valence electrons. The first-order chi connectivity index (χ1) is 15.8. The lowest BCUT2D eigenvalue weighted by Gasteiger charge is -2.36. The van der Waals surface area contributed by atoms with Crippen LogP contribution in [-0.4, -0.2) is 58.6 Å². The third kappa shape index (κ3) is 5.97. The van der Waals surface area contributed by atoms with Crippen molar-refractivity contribution in [1.82, 2.24) is 9.88 Å². The van der Waals surface area contributed by atoms with Crippen LogP contribution >= 0.6 is 11.8 Å². The van der Waals surface area contributed by atoms with Crippen LogP contribution in [0.3, 0.4) is 0 Å².